The summed E-state index contributed by atoms with van der Waals surface area (Å²) in [5.41, 5.74) is 0.443. The van der Waals surface area contributed by atoms with Crippen molar-refractivity contribution in [3.63, 3.8) is 0 Å². The smallest absolute Gasteiger partial charge is 0.329 e. The Morgan fingerprint density at radius 1 is 1.43 bits per heavy atom. The molecule has 2 fully saturated rings. The molecule has 2 bridgehead atoms. The number of hydrogen-bond acceptors (Lipinski definition) is 4. The molecule has 0 amide bonds. The van der Waals surface area contributed by atoms with Crippen LogP contribution in [-0.4, -0.2) is 34.8 Å². The third-order valence-corrected chi connectivity index (χ3v) is 4.92. The molecule has 0 aromatic carbocycles. The first-order valence-corrected chi connectivity index (χ1v) is 8.10. The Labute approximate surface area is 132 Å². The first-order chi connectivity index (χ1) is 10.1. The zero-order valence-electron chi connectivity index (χ0n) is 11.7. The average Bonchev–Trinajstić information content (AvgIpc) is 2.45. The number of piperidine rings is 2. The molecule has 5 nitrogen and oxygen atoms in total. The van der Waals surface area contributed by atoms with Gasteiger partial charge in [-0.3, -0.25) is 0 Å². The van der Waals surface area contributed by atoms with Crippen molar-refractivity contribution in [3.8, 4) is 0 Å². The van der Waals surface area contributed by atoms with Gasteiger partial charge in [-0.05, 0) is 47.7 Å². The standard InChI is InChI=1S/C15H19BrN2O3/c16-13-5-4-10(8-17-13)15(21-9-14(19)20)6-11-2-1-3-12(7-15)18-11/h4-5,8,11-12,18H,1-3,6-7,9H2,(H,19,20). The van der Waals surface area contributed by atoms with Crippen LogP contribution in [0.5, 0.6) is 0 Å². The number of carboxylic acid groups (broad SMARTS) is 1. The minimum atomic E-state index is -0.928. The van der Waals surface area contributed by atoms with Crippen LogP contribution in [0.3, 0.4) is 0 Å². The fraction of sp³-hybridized carbons (Fsp3) is 0.600. The lowest BCUT2D eigenvalue weighted by Gasteiger charge is -2.47. The number of fused-ring (bicyclic) bond motifs is 2. The van der Waals surface area contributed by atoms with Gasteiger partial charge < -0.3 is 15.2 Å². The second-order valence-corrected chi connectivity index (χ2v) is 6.76. The molecule has 3 heterocycles. The van der Waals surface area contributed by atoms with Crippen LogP contribution in [0, 0.1) is 0 Å². The number of carbonyl (C=O) groups is 1. The van der Waals surface area contributed by atoms with Crippen molar-refractivity contribution in [1.29, 1.82) is 0 Å². The van der Waals surface area contributed by atoms with Crippen molar-refractivity contribution in [2.24, 2.45) is 0 Å². The Morgan fingerprint density at radius 3 is 2.71 bits per heavy atom. The van der Waals surface area contributed by atoms with E-state index in [-0.39, 0.29) is 6.61 Å². The molecule has 1 aromatic heterocycles. The molecule has 114 valence electrons. The van der Waals surface area contributed by atoms with E-state index >= 15 is 0 Å². The number of nitrogens with zero attached hydrogens (tertiary/aromatic N) is 1. The van der Waals surface area contributed by atoms with Crippen LogP contribution in [0.15, 0.2) is 22.9 Å². The van der Waals surface area contributed by atoms with E-state index < -0.39 is 11.6 Å². The van der Waals surface area contributed by atoms with Gasteiger partial charge in [0.15, 0.2) is 0 Å². The summed E-state index contributed by atoms with van der Waals surface area (Å²) in [6.07, 6.45) is 6.89. The zero-order valence-corrected chi connectivity index (χ0v) is 13.3. The number of pyridine rings is 1. The largest absolute Gasteiger partial charge is 0.480 e. The van der Waals surface area contributed by atoms with Crippen LogP contribution >= 0.6 is 15.9 Å². The summed E-state index contributed by atoms with van der Waals surface area (Å²) in [5, 5.41) is 12.6. The van der Waals surface area contributed by atoms with E-state index in [9.17, 15) is 4.79 Å². The van der Waals surface area contributed by atoms with Gasteiger partial charge in [0.1, 0.15) is 11.2 Å². The van der Waals surface area contributed by atoms with Crippen molar-refractivity contribution in [2.45, 2.75) is 49.8 Å². The topological polar surface area (TPSA) is 71.5 Å². The maximum absolute atomic E-state index is 11.0. The number of aromatic nitrogens is 1. The quantitative estimate of drug-likeness (QED) is 0.812. The van der Waals surface area contributed by atoms with Gasteiger partial charge in [-0.2, -0.15) is 0 Å². The molecule has 0 radical (unpaired) electrons. The van der Waals surface area contributed by atoms with E-state index in [1.807, 2.05) is 12.1 Å². The molecule has 2 aliphatic rings. The van der Waals surface area contributed by atoms with E-state index in [2.05, 4.69) is 26.2 Å². The minimum absolute atomic E-state index is 0.268. The Kier molecular flexibility index (Phi) is 4.28. The number of ether oxygens (including phenoxy) is 1. The Balaban J connectivity index is 1.90. The monoisotopic (exact) mass is 354 g/mol. The van der Waals surface area contributed by atoms with Crippen LogP contribution in [-0.2, 0) is 15.1 Å². The average molecular weight is 355 g/mol. The van der Waals surface area contributed by atoms with E-state index in [0.717, 1.165) is 35.8 Å². The lowest BCUT2D eigenvalue weighted by Crippen LogP contribution is -2.55. The summed E-state index contributed by atoms with van der Waals surface area (Å²) >= 11 is 3.34. The Bertz CT molecular complexity index is 508. The highest BCUT2D eigenvalue weighted by Crippen LogP contribution is 2.42. The van der Waals surface area contributed by atoms with Crippen molar-refractivity contribution in [3.05, 3.63) is 28.5 Å². The first-order valence-electron chi connectivity index (χ1n) is 7.31. The summed E-state index contributed by atoms with van der Waals surface area (Å²) < 4.78 is 6.67. The second-order valence-electron chi connectivity index (χ2n) is 5.95. The van der Waals surface area contributed by atoms with Crippen LogP contribution < -0.4 is 5.32 Å². The summed E-state index contributed by atoms with van der Waals surface area (Å²) in [5.74, 6) is -0.928. The molecule has 1 aromatic rings. The molecule has 2 unspecified atom stereocenters. The van der Waals surface area contributed by atoms with Gasteiger partial charge in [0.05, 0.1) is 5.60 Å². The molecule has 3 rings (SSSR count). The minimum Gasteiger partial charge on any atom is -0.480 e. The lowest BCUT2D eigenvalue weighted by atomic mass is 9.74. The van der Waals surface area contributed by atoms with Crippen molar-refractivity contribution < 1.29 is 14.6 Å². The molecule has 0 spiro atoms. The fourth-order valence-electron chi connectivity index (χ4n) is 3.59. The van der Waals surface area contributed by atoms with Gasteiger partial charge in [0, 0.05) is 23.8 Å². The molecule has 0 saturated carbocycles. The molecule has 2 aliphatic heterocycles. The van der Waals surface area contributed by atoms with Crippen molar-refractivity contribution >= 4 is 21.9 Å². The third-order valence-electron chi connectivity index (χ3n) is 4.45. The van der Waals surface area contributed by atoms with Crippen LogP contribution in [0.25, 0.3) is 0 Å². The van der Waals surface area contributed by atoms with Gasteiger partial charge in [0.25, 0.3) is 0 Å². The first kappa shape index (κ1) is 14.9. The molecule has 6 heteroatoms. The maximum atomic E-state index is 11.0. The summed E-state index contributed by atoms with van der Waals surface area (Å²) in [6, 6.07) is 4.67. The molecule has 21 heavy (non-hydrogen) atoms. The molecular formula is C15H19BrN2O3. The maximum Gasteiger partial charge on any atom is 0.329 e. The molecule has 2 N–H and O–H groups in total. The highest BCUT2D eigenvalue weighted by atomic mass is 79.9. The second kappa shape index (κ2) is 6.02. The molecular weight excluding hydrogens is 336 g/mol. The van der Waals surface area contributed by atoms with E-state index in [4.69, 9.17) is 9.84 Å². The van der Waals surface area contributed by atoms with E-state index in [0.29, 0.717) is 12.1 Å². The Hall–Kier alpha value is -0.980. The zero-order chi connectivity index (χ0) is 14.9. The highest BCUT2D eigenvalue weighted by Gasteiger charge is 2.44. The number of aliphatic carboxylic acids is 1. The van der Waals surface area contributed by atoms with Crippen molar-refractivity contribution in [1.82, 2.24) is 10.3 Å². The van der Waals surface area contributed by atoms with E-state index in [1.165, 1.54) is 6.42 Å². The summed E-state index contributed by atoms with van der Waals surface area (Å²) in [6.45, 7) is -0.268. The van der Waals surface area contributed by atoms with Gasteiger partial charge in [-0.1, -0.05) is 12.5 Å². The van der Waals surface area contributed by atoms with E-state index in [1.54, 1.807) is 6.20 Å². The Morgan fingerprint density at radius 2 is 2.14 bits per heavy atom. The molecule has 2 atom stereocenters. The van der Waals surface area contributed by atoms with Gasteiger partial charge in [-0.15, -0.1) is 0 Å². The number of carboxylic acids is 1. The SMILES string of the molecule is O=C(O)COC1(c2ccc(Br)nc2)CC2CCCC(C1)N2. The normalized spacial score (nSPS) is 31.9. The van der Waals surface area contributed by atoms with Gasteiger partial charge in [-0.25, -0.2) is 9.78 Å². The predicted octanol–water partition coefficient (Wildman–Crippen LogP) is 2.45. The molecule has 2 saturated heterocycles. The summed E-state index contributed by atoms with van der Waals surface area (Å²) in [4.78, 5) is 15.2. The number of hydrogen-bond donors (Lipinski definition) is 2. The number of halogens is 1. The fourth-order valence-corrected chi connectivity index (χ4v) is 3.83. The lowest BCUT2D eigenvalue weighted by molar-refractivity contribution is -0.156. The predicted molar refractivity (Wildman–Crippen MR) is 81.0 cm³/mol. The highest BCUT2D eigenvalue weighted by molar-refractivity contribution is 9.10. The van der Waals surface area contributed by atoms with Gasteiger partial charge in [0.2, 0.25) is 0 Å². The van der Waals surface area contributed by atoms with Gasteiger partial charge >= 0.3 is 5.97 Å². The number of rotatable bonds is 4. The van der Waals surface area contributed by atoms with Crippen LogP contribution in [0.1, 0.15) is 37.7 Å². The van der Waals surface area contributed by atoms with Crippen molar-refractivity contribution in [2.75, 3.05) is 6.61 Å². The third kappa shape index (κ3) is 3.27. The summed E-state index contributed by atoms with van der Waals surface area (Å²) in [7, 11) is 0. The number of nitrogens with one attached hydrogen (secondary N) is 1. The molecule has 0 aliphatic carbocycles. The van der Waals surface area contributed by atoms with Crippen LogP contribution in [0.2, 0.25) is 0 Å². The van der Waals surface area contributed by atoms with Crippen LogP contribution in [0.4, 0.5) is 0 Å².